The molecular formula is C18H25N3O4. The Bertz CT molecular complexity index is 598. The van der Waals surface area contributed by atoms with Gasteiger partial charge in [-0.05, 0) is 38.4 Å². The molecule has 0 aromatic heterocycles. The molecule has 1 fully saturated rings. The van der Waals surface area contributed by atoms with Crippen molar-refractivity contribution in [1.82, 2.24) is 15.5 Å². The molecule has 0 radical (unpaired) electrons. The molecule has 2 rings (SSSR count). The van der Waals surface area contributed by atoms with Crippen molar-refractivity contribution in [3.8, 4) is 0 Å². The number of rotatable bonds is 5. The van der Waals surface area contributed by atoms with Gasteiger partial charge in [0.2, 0.25) is 5.91 Å². The van der Waals surface area contributed by atoms with E-state index in [9.17, 15) is 14.4 Å². The molecule has 2 N–H and O–H groups in total. The van der Waals surface area contributed by atoms with Gasteiger partial charge in [0.05, 0.1) is 19.1 Å². The van der Waals surface area contributed by atoms with Gasteiger partial charge >= 0.3 is 12.0 Å². The lowest BCUT2D eigenvalue weighted by Gasteiger charge is -2.34. The van der Waals surface area contributed by atoms with E-state index in [0.29, 0.717) is 32.5 Å². The number of esters is 1. The Kier molecular flexibility index (Phi) is 6.94. The van der Waals surface area contributed by atoms with Crippen LogP contribution in [0.1, 0.15) is 25.3 Å². The number of benzene rings is 1. The molecule has 1 aromatic carbocycles. The van der Waals surface area contributed by atoms with Gasteiger partial charge in [0.15, 0.2) is 0 Å². The van der Waals surface area contributed by atoms with Gasteiger partial charge in [-0.1, -0.05) is 30.3 Å². The summed E-state index contributed by atoms with van der Waals surface area (Å²) in [5.74, 6) is -0.648. The third kappa shape index (κ3) is 5.56. The van der Waals surface area contributed by atoms with Crippen LogP contribution in [0.4, 0.5) is 4.79 Å². The van der Waals surface area contributed by atoms with Crippen molar-refractivity contribution >= 4 is 17.9 Å². The third-order valence-electron chi connectivity index (χ3n) is 4.52. The summed E-state index contributed by atoms with van der Waals surface area (Å²) in [4.78, 5) is 37.6. The van der Waals surface area contributed by atoms with Crippen molar-refractivity contribution < 1.29 is 19.1 Å². The van der Waals surface area contributed by atoms with Gasteiger partial charge < -0.3 is 10.1 Å². The molecule has 1 unspecified atom stereocenters. The molecule has 3 amide bonds. The molecule has 1 saturated heterocycles. The second-order valence-electron chi connectivity index (χ2n) is 6.17. The lowest BCUT2D eigenvalue weighted by molar-refractivity contribution is -0.147. The number of hydrogen-bond donors (Lipinski definition) is 2. The molecule has 0 spiro atoms. The van der Waals surface area contributed by atoms with E-state index in [1.807, 2.05) is 35.2 Å². The lowest BCUT2D eigenvalue weighted by atomic mass is 9.96. The van der Waals surface area contributed by atoms with Crippen molar-refractivity contribution in [3.63, 3.8) is 0 Å². The number of likely N-dealkylation sites (tertiary alicyclic amines) is 1. The third-order valence-corrected chi connectivity index (χ3v) is 4.52. The van der Waals surface area contributed by atoms with E-state index in [-0.39, 0.29) is 17.8 Å². The zero-order valence-electron chi connectivity index (χ0n) is 14.7. The average Bonchev–Trinajstić information content (AvgIpc) is 2.66. The molecule has 136 valence electrons. The van der Waals surface area contributed by atoms with Gasteiger partial charge in [-0.25, -0.2) is 4.79 Å². The number of piperidine rings is 1. The van der Waals surface area contributed by atoms with Gasteiger partial charge in [-0.2, -0.15) is 0 Å². The fourth-order valence-corrected chi connectivity index (χ4v) is 2.89. The number of methoxy groups -OCH3 is 1. The van der Waals surface area contributed by atoms with E-state index in [2.05, 4.69) is 10.6 Å². The summed E-state index contributed by atoms with van der Waals surface area (Å²) in [7, 11) is 1.39. The summed E-state index contributed by atoms with van der Waals surface area (Å²) in [6.07, 6.45) is 1.31. The molecule has 7 heteroatoms. The maximum Gasteiger partial charge on any atom is 0.321 e. The second kappa shape index (κ2) is 9.17. The highest BCUT2D eigenvalue weighted by molar-refractivity contribution is 5.96. The number of carbonyl (C=O) groups is 3. The fraction of sp³-hybridized carbons (Fsp3) is 0.500. The maximum absolute atomic E-state index is 12.2. The Balaban J connectivity index is 1.74. The topological polar surface area (TPSA) is 87.7 Å². The van der Waals surface area contributed by atoms with Gasteiger partial charge in [0.25, 0.3) is 0 Å². The standard InChI is InChI=1S/C18H25N3O4/c1-13(21-10-8-15(9-11-21)17(23)25-2)16(22)20-18(24)19-12-14-6-4-3-5-7-14/h3-7,13,15H,8-12H2,1-2H3,(H2,19,20,22,24). The van der Waals surface area contributed by atoms with Crippen LogP contribution in [0.15, 0.2) is 30.3 Å². The van der Waals surface area contributed by atoms with E-state index in [4.69, 9.17) is 4.74 Å². The van der Waals surface area contributed by atoms with Crippen molar-refractivity contribution in [3.05, 3.63) is 35.9 Å². The molecular weight excluding hydrogens is 322 g/mol. The summed E-state index contributed by atoms with van der Waals surface area (Å²) in [6, 6.07) is 8.54. The van der Waals surface area contributed by atoms with Crippen LogP contribution < -0.4 is 10.6 Å². The van der Waals surface area contributed by atoms with Crippen molar-refractivity contribution in [1.29, 1.82) is 0 Å². The first-order chi connectivity index (χ1) is 12.0. The number of urea groups is 1. The predicted molar refractivity (Wildman–Crippen MR) is 92.6 cm³/mol. The molecule has 1 heterocycles. The smallest absolute Gasteiger partial charge is 0.321 e. The van der Waals surface area contributed by atoms with Crippen molar-refractivity contribution in [2.75, 3.05) is 20.2 Å². The molecule has 1 aromatic rings. The maximum atomic E-state index is 12.2. The number of amides is 3. The second-order valence-corrected chi connectivity index (χ2v) is 6.17. The highest BCUT2D eigenvalue weighted by Gasteiger charge is 2.30. The Morgan fingerprint density at radius 2 is 1.84 bits per heavy atom. The van der Waals surface area contributed by atoms with Crippen LogP contribution in [0, 0.1) is 5.92 Å². The minimum absolute atomic E-state index is 0.106. The van der Waals surface area contributed by atoms with Crippen LogP contribution in [-0.4, -0.2) is 49.0 Å². The molecule has 0 aliphatic carbocycles. The highest BCUT2D eigenvalue weighted by atomic mass is 16.5. The van der Waals surface area contributed by atoms with E-state index in [1.54, 1.807) is 6.92 Å². The first-order valence-corrected chi connectivity index (χ1v) is 8.45. The number of nitrogens with zero attached hydrogens (tertiary/aromatic N) is 1. The highest BCUT2D eigenvalue weighted by Crippen LogP contribution is 2.20. The van der Waals surface area contributed by atoms with E-state index >= 15 is 0 Å². The van der Waals surface area contributed by atoms with E-state index in [1.165, 1.54) is 7.11 Å². The normalized spacial score (nSPS) is 16.7. The molecule has 1 atom stereocenters. The summed E-state index contributed by atoms with van der Waals surface area (Å²) < 4.78 is 4.76. The number of ether oxygens (including phenoxy) is 1. The summed E-state index contributed by atoms with van der Waals surface area (Å²) in [5, 5.41) is 5.04. The average molecular weight is 347 g/mol. The Labute approximate surface area is 147 Å². The van der Waals surface area contributed by atoms with Crippen LogP contribution in [0.5, 0.6) is 0 Å². The van der Waals surface area contributed by atoms with Crippen LogP contribution >= 0.6 is 0 Å². The van der Waals surface area contributed by atoms with Gasteiger partial charge in [-0.3, -0.25) is 19.8 Å². The SMILES string of the molecule is COC(=O)C1CCN(C(C)C(=O)NC(=O)NCc2ccccc2)CC1. The molecule has 1 aliphatic heterocycles. The molecule has 25 heavy (non-hydrogen) atoms. The van der Waals surface area contributed by atoms with Crippen LogP contribution in [0.25, 0.3) is 0 Å². The Morgan fingerprint density at radius 1 is 1.20 bits per heavy atom. The number of imide groups is 1. The van der Waals surface area contributed by atoms with E-state index in [0.717, 1.165) is 5.56 Å². The van der Waals surface area contributed by atoms with Crippen molar-refractivity contribution in [2.45, 2.75) is 32.4 Å². The molecule has 0 saturated carbocycles. The number of nitrogens with one attached hydrogen (secondary N) is 2. The first kappa shape index (κ1) is 18.9. The van der Waals surface area contributed by atoms with Gasteiger partial charge in [-0.15, -0.1) is 0 Å². The first-order valence-electron chi connectivity index (χ1n) is 8.45. The minimum Gasteiger partial charge on any atom is -0.469 e. The zero-order chi connectivity index (χ0) is 18.2. The predicted octanol–water partition coefficient (Wildman–Crippen LogP) is 1.29. The van der Waals surface area contributed by atoms with E-state index < -0.39 is 12.1 Å². The molecule has 1 aliphatic rings. The summed E-state index contributed by atoms with van der Waals surface area (Å²) in [6.45, 7) is 3.37. The Hall–Kier alpha value is -2.41. The number of hydrogen-bond acceptors (Lipinski definition) is 5. The fourth-order valence-electron chi connectivity index (χ4n) is 2.89. The van der Waals surface area contributed by atoms with Crippen LogP contribution in [0.2, 0.25) is 0 Å². The monoisotopic (exact) mass is 347 g/mol. The van der Waals surface area contributed by atoms with Gasteiger partial charge in [0, 0.05) is 6.54 Å². The minimum atomic E-state index is -0.509. The van der Waals surface area contributed by atoms with Crippen LogP contribution in [-0.2, 0) is 20.9 Å². The Morgan fingerprint density at radius 3 is 2.44 bits per heavy atom. The quantitative estimate of drug-likeness (QED) is 0.784. The molecule has 7 nitrogen and oxygen atoms in total. The number of carbonyl (C=O) groups excluding carboxylic acids is 3. The van der Waals surface area contributed by atoms with Crippen molar-refractivity contribution in [2.24, 2.45) is 5.92 Å². The molecule has 0 bridgehead atoms. The largest absolute Gasteiger partial charge is 0.469 e. The van der Waals surface area contributed by atoms with Gasteiger partial charge in [0.1, 0.15) is 0 Å². The summed E-state index contributed by atoms with van der Waals surface area (Å²) in [5.41, 5.74) is 0.961. The summed E-state index contributed by atoms with van der Waals surface area (Å²) >= 11 is 0. The van der Waals surface area contributed by atoms with Crippen LogP contribution in [0.3, 0.4) is 0 Å². The lowest BCUT2D eigenvalue weighted by Crippen LogP contribution is -2.51. The zero-order valence-corrected chi connectivity index (χ0v) is 14.7.